The average Bonchev–Trinajstić information content (AvgIpc) is 2.47. The van der Waals surface area contributed by atoms with Crippen molar-refractivity contribution in [1.82, 2.24) is 4.98 Å². The molecule has 0 bridgehead atoms. The van der Waals surface area contributed by atoms with Crippen molar-refractivity contribution in [2.45, 2.75) is 39.7 Å². The van der Waals surface area contributed by atoms with Gasteiger partial charge in [-0.1, -0.05) is 13.8 Å². The second-order valence-electron chi connectivity index (χ2n) is 4.71. The molecule has 0 spiro atoms. The summed E-state index contributed by atoms with van der Waals surface area (Å²) in [4.78, 5) is 17.0. The normalized spacial score (nSPS) is 10.7. The van der Waals surface area contributed by atoms with Crippen LogP contribution in [0, 0.1) is 10.1 Å². The molecule has 1 heterocycles. The van der Waals surface area contributed by atoms with Gasteiger partial charge in [0.15, 0.2) is 0 Å². The first kappa shape index (κ1) is 17.2. The van der Waals surface area contributed by atoms with Crippen LogP contribution in [-0.4, -0.2) is 40.8 Å². The van der Waals surface area contributed by atoms with Crippen LogP contribution in [0.2, 0.25) is 0 Å². The van der Waals surface area contributed by atoms with Crippen molar-refractivity contribution < 1.29 is 10.0 Å². The summed E-state index contributed by atoms with van der Waals surface area (Å²) in [6, 6.07) is 3.18. The predicted molar refractivity (Wildman–Crippen MR) is 83.9 cm³/mol. The molecular formula is C14H24N4O3. The van der Waals surface area contributed by atoms with E-state index in [-0.39, 0.29) is 18.3 Å². The number of aliphatic hydroxyl groups excluding tert-OH is 1. The summed E-state index contributed by atoms with van der Waals surface area (Å²) in [6.45, 7) is 6.94. The van der Waals surface area contributed by atoms with Crippen LogP contribution in [0.3, 0.4) is 0 Å². The Labute approximate surface area is 125 Å². The Morgan fingerprint density at radius 2 is 2.05 bits per heavy atom. The Bertz CT molecular complexity index is 464. The maximum atomic E-state index is 11.3. The Morgan fingerprint density at radius 3 is 2.52 bits per heavy atom. The molecule has 2 N–H and O–H groups in total. The fourth-order valence-corrected chi connectivity index (χ4v) is 2.37. The highest BCUT2D eigenvalue weighted by Gasteiger charge is 2.25. The fourth-order valence-electron chi connectivity index (χ4n) is 2.37. The van der Waals surface area contributed by atoms with E-state index in [1.165, 1.54) is 6.07 Å². The molecule has 0 aliphatic heterocycles. The maximum absolute atomic E-state index is 11.3. The van der Waals surface area contributed by atoms with Gasteiger partial charge in [0.1, 0.15) is 5.82 Å². The Kier molecular flexibility index (Phi) is 6.87. The number of pyridine rings is 1. The lowest BCUT2D eigenvalue weighted by Gasteiger charge is -2.30. The molecule has 1 aromatic rings. The van der Waals surface area contributed by atoms with E-state index in [2.05, 4.69) is 10.3 Å². The minimum absolute atomic E-state index is 0.0306. The molecule has 1 rings (SSSR count). The first-order chi connectivity index (χ1) is 10.1. The maximum Gasteiger partial charge on any atom is 0.311 e. The first-order valence-corrected chi connectivity index (χ1v) is 7.35. The molecule has 0 saturated carbocycles. The number of aliphatic hydroxyl groups is 1. The number of aromatic nitrogens is 1. The molecule has 7 heteroatoms. The van der Waals surface area contributed by atoms with Gasteiger partial charge in [-0.05, 0) is 25.8 Å². The zero-order valence-corrected chi connectivity index (χ0v) is 12.9. The molecule has 0 fully saturated rings. The van der Waals surface area contributed by atoms with Crippen LogP contribution in [0.1, 0.15) is 33.6 Å². The Hall–Kier alpha value is -1.89. The quantitative estimate of drug-likeness (QED) is 0.537. The number of hydrogen-bond acceptors (Lipinski definition) is 6. The molecule has 0 aliphatic rings. The zero-order valence-electron chi connectivity index (χ0n) is 12.9. The number of nitrogens with zero attached hydrogens (tertiary/aromatic N) is 3. The summed E-state index contributed by atoms with van der Waals surface area (Å²) < 4.78 is 0. The lowest BCUT2D eigenvalue weighted by atomic mass is 10.1. The molecule has 21 heavy (non-hydrogen) atoms. The van der Waals surface area contributed by atoms with Gasteiger partial charge in [0.05, 0.1) is 11.5 Å². The third-order valence-corrected chi connectivity index (χ3v) is 3.41. The summed E-state index contributed by atoms with van der Waals surface area (Å²) in [5.41, 5.74) is -0.0306. The zero-order chi connectivity index (χ0) is 15.8. The van der Waals surface area contributed by atoms with Crippen molar-refractivity contribution >= 4 is 17.3 Å². The van der Waals surface area contributed by atoms with Gasteiger partial charge in [-0.25, -0.2) is 4.98 Å². The molecule has 0 aromatic carbocycles. The lowest BCUT2D eigenvalue weighted by molar-refractivity contribution is -0.384. The number of rotatable bonds is 9. The van der Waals surface area contributed by atoms with E-state index in [0.29, 0.717) is 24.7 Å². The number of nitro groups is 1. The molecule has 0 atom stereocenters. The van der Waals surface area contributed by atoms with E-state index >= 15 is 0 Å². The molecule has 0 saturated heterocycles. The van der Waals surface area contributed by atoms with Crippen molar-refractivity contribution in [3.63, 3.8) is 0 Å². The van der Waals surface area contributed by atoms with Gasteiger partial charge in [0, 0.05) is 25.2 Å². The van der Waals surface area contributed by atoms with Gasteiger partial charge < -0.3 is 15.3 Å². The van der Waals surface area contributed by atoms with Gasteiger partial charge in [0.2, 0.25) is 5.82 Å². The molecule has 1 aromatic heterocycles. The van der Waals surface area contributed by atoms with Crippen LogP contribution in [0.5, 0.6) is 0 Å². The van der Waals surface area contributed by atoms with Crippen molar-refractivity contribution in [2.24, 2.45) is 0 Å². The van der Waals surface area contributed by atoms with E-state index in [4.69, 9.17) is 0 Å². The van der Waals surface area contributed by atoms with E-state index in [9.17, 15) is 15.2 Å². The number of anilines is 2. The summed E-state index contributed by atoms with van der Waals surface area (Å²) in [5, 5.41) is 23.6. The monoisotopic (exact) mass is 296 g/mol. The van der Waals surface area contributed by atoms with E-state index in [0.717, 1.165) is 12.8 Å². The number of hydrogen-bond donors (Lipinski definition) is 2. The molecule has 0 amide bonds. The SMILES string of the molecule is CCNc1ccc([N+](=O)[O-])c(N(CCO)C(CC)CC)n1. The van der Waals surface area contributed by atoms with E-state index in [1.54, 1.807) is 6.07 Å². The molecular weight excluding hydrogens is 272 g/mol. The van der Waals surface area contributed by atoms with Gasteiger partial charge in [-0.3, -0.25) is 10.1 Å². The smallest absolute Gasteiger partial charge is 0.311 e. The minimum Gasteiger partial charge on any atom is -0.395 e. The van der Waals surface area contributed by atoms with Crippen LogP contribution in [0.15, 0.2) is 12.1 Å². The molecule has 118 valence electrons. The van der Waals surface area contributed by atoms with Crippen molar-refractivity contribution in [3.05, 3.63) is 22.2 Å². The summed E-state index contributed by atoms with van der Waals surface area (Å²) in [5.74, 6) is 0.924. The predicted octanol–water partition coefficient (Wildman–Crippen LogP) is 2.41. The summed E-state index contributed by atoms with van der Waals surface area (Å²) in [7, 11) is 0. The lowest BCUT2D eigenvalue weighted by Crippen LogP contribution is -2.38. The van der Waals surface area contributed by atoms with Crippen LogP contribution in [-0.2, 0) is 0 Å². The van der Waals surface area contributed by atoms with Crippen molar-refractivity contribution in [3.8, 4) is 0 Å². The van der Waals surface area contributed by atoms with E-state index < -0.39 is 4.92 Å². The minimum atomic E-state index is -0.426. The van der Waals surface area contributed by atoms with Gasteiger partial charge in [-0.2, -0.15) is 0 Å². The third-order valence-electron chi connectivity index (χ3n) is 3.41. The van der Waals surface area contributed by atoms with Crippen molar-refractivity contribution in [1.29, 1.82) is 0 Å². The second-order valence-corrected chi connectivity index (χ2v) is 4.71. The van der Waals surface area contributed by atoms with Crippen LogP contribution in [0.4, 0.5) is 17.3 Å². The van der Waals surface area contributed by atoms with Crippen LogP contribution >= 0.6 is 0 Å². The van der Waals surface area contributed by atoms with Gasteiger partial charge in [-0.15, -0.1) is 0 Å². The van der Waals surface area contributed by atoms with Crippen LogP contribution in [0.25, 0.3) is 0 Å². The standard InChI is InChI=1S/C14H24N4O3/c1-4-11(5-2)17(9-10-19)14-12(18(20)21)7-8-13(16-14)15-6-3/h7-8,11,19H,4-6,9-10H2,1-3H3,(H,15,16). The van der Waals surface area contributed by atoms with Crippen LogP contribution < -0.4 is 10.2 Å². The third kappa shape index (κ3) is 4.29. The Balaban J connectivity index is 3.30. The molecule has 0 radical (unpaired) electrons. The molecule has 0 unspecified atom stereocenters. The first-order valence-electron chi connectivity index (χ1n) is 7.35. The molecule has 0 aliphatic carbocycles. The number of nitrogens with one attached hydrogen (secondary N) is 1. The van der Waals surface area contributed by atoms with E-state index in [1.807, 2.05) is 25.7 Å². The van der Waals surface area contributed by atoms with Gasteiger partial charge >= 0.3 is 5.69 Å². The highest BCUT2D eigenvalue weighted by atomic mass is 16.6. The molecule has 7 nitrogen and oxygen atoms in total. The summed E-state index contributed by atoms with van der Waals surface area (Å²) >= 11 is 0. The summed E-state index contributed by atoms with van der Waals surface area (Å²) in [6.07, 6.45) is 1.67. The fraction of sp³-hybridized carbons (Fsp3) is 0.643. The largest absolute Gasteiger partial charge is 0.395 e. The highest BCUT2D eigenvalue weighted by Crippen LogP contribution is 2.30. The highest BCUT2D eigenvalue weighted by molar-refractivity contribution is 5.62. The second kappa shape index (κ2) is 8.41. The topological polar surface area (TPSA) is 91.5 Å². The van der Waals surface area contributed by atoms with Gasteiger partial charge in [0.25, 0.3) is 0 Å². The Morgan fingerprint density at radius 1 is 1.38 bits per heavy atom. The average molecular weight is 296 g/mol. The van der Waals surface area contributed by atoms with Crippen molar-refractivity contribution in [2.75, 3.05) is 29.9 Å².